The summed E-state index contributed by atoms with van der Waals surface area (Å²) in [4.78, 5) is 43.2. The van der Waals surface area contributed by atoms with E-state index in [-0.39, 0.29) is 22.3 Å². The van der Waals surface area contributed by atoms with Crippen molar-refractivity contribution >= 4 is 31.2 Å². The molecule has 0 bridgehead atoms. The second-order valence-corrected chi connectivity index (χ2v) is 2.97. The quantitative estimate of drug-likeness (QED) is 0.700. The molecule has 0 fully saturated rings. The maximum absolute atomic E-state index is 10.8. The Kier molecular flexibility index (Phi) is 3.61. The lowest BCUT2D eigenvalue weighted by Gasteiger charge is -2.07. The SMILES string of the molecule is C=Cc1cc(C=O)c(C=O)c(C=O)c1C=O. The van der Waals surface area contributed by atoms with Gasteiger partial charge in [0.1, 0.15) is 0 Å². The summed E-state index contributed by atoms with van der Waals surface area (Å²) in [6.45, 7) is 3.47. The molecule has 1 aromatic rings. The van der Waals surface area contributed by atoms with Crippen molar-refractivity contribution < 1.29 is 19.2 Å². The number of hydrogen-bond acceptors (Lipinski definition) is 4. The van der Waals surface area contributed by atoms with E-state index < -0.39 is 0 Å². The molecule has 0 aliphatic heterocycles. The first kappa shape index (κ1) is 11.7. The smallest absolute Gasteiger partial charge is 0.151 e. The van der Waals surface area contributed by atoms with Crippen LogP contribution in [0.3, 0.4) is 0 Å². The number of benzene rings is 1. The Morgan fingerprint density at radius 3 is 1.62 bits per heavy atom. The van der Waals surface area contributed by atoms with Gasteiger partial charge in [0.05, 0.1) is 0 Å². The number of carbonyl (C=O) groups excluding carboxylic acids is 4. The minimum absolute atomic E-state index is 0.0672. The van der Waals surface area contributed by atoms with E-state index in [4.69, 9.17) is 0 Å². The van der Waals surface area contributed by atoms with Gasteiger partial charge in [-0.15, -0.1) is 0 Å². The fraction of sp³-hybridized carbons (Fsp3) is 0. The van der Waals surface area contributed by atoms with Crippen molar-refractivity contribution in [2.75, 3.05) is 0 Å². The molecule has 4 nitrogen and oxygen atoms in total. The van der Waals surface area contributed by atoms with Crippen LogP contribution in [0.2, 0.25) is 0 Å². The molecule has 1 aromatic carbocycles. The van der Waals surface area contributed by atoms with E-state index in [2.05, 4.69) is 6.58 Å². The van der Waals surface area contributed by atoms with Crippen LogP contribution in [0.25, 0.3) is 6.08 Å². The Labute approximate surface area is 91.6 Å². The van der Waals surface area contributed by atoms with E-state index in [1.54, 1.807) is 0 Å². The van der Waals surface area contributed by atoms with Gasteiger partial charge in [-0.25, -0.2) is 0 Å². The fourth-order valence-corrected chi connectivity index (χ4v) is 1.44. The molecule has 80 valence electrons. The molecule has 0 saturated carbocycles. The molecule has 0 unspecified atom stereocenters. The average molecular weight is 216 g/mol. The van der Waals surface area contributed by atoms with Crippen LogP contribution in [-0.4, -0.2) is 25.1 Å². The van der Waals surface area contributed by atoms with E-state index in [0.717, 1.165) is 0 Å². The second kappa shape index (κ2) is 4.93. The molecule has 0 aliphatic rings. The zero-order valence-corrected chi connectivity index (χ0v) is 8.30. The molecule has 0 radical (unpaired) electrons. The Balaban J connectivity index is 3.80. The van der Waals surface area contributed by atoms with Crippen molar-refractivity contribution in [3.05, 3.63) is 40.5 Å². The molecule has 0 aliphatic carbocycles. The van der Waals surface area contributed by atoms with E-state index in [9.17, 15) is 19.2 Å². The topological polar surface area (TPSA) is 68.3 Å². The number of carbonyl (C=O) groups is 4. The number of aldehydes is 4. The average Bonchev–Trinajstić information content (AvgIpc) is 2.35. The Morgan fingerprint density at radius 2 is 1.25 bits per heavy atom. The van der Waals surface area contributed by atoms with Gasteiger partial charge in [-0.3, -0.25) is 19.2 Å². The van der Waals surface area contributed by atoms with Gasteiger partial charge in [0.15, 0.2) is 25.1 Å². The monoisotopic (exact) mass is 216 g/mol. The zero-order chi connectivity index (χ0) is 12.1. The fourth-order valence-electron chi connectivity index (χ4n) is 1.44. The van der Waals surface area contributed by atoms with Crippen molar-refractivity contribution in [2.24, 2.45) is 0 Å². The number of rotatable bonds is 5. The van der Waals surface area contributed by atoms with E-state index in [1.807, 2.05) is 0 Å². The van der Waals surface area contributed by atoms with Crippen molar-refractivity contribution in [3.63, 3.8) is 0 Å². The second-order valence-electron chi connectivity index (χ2n) is 2.97. The van der Waals surface area contributed by atoms with Crippen molar-refractivity contribution in [1.29, 1.82) is 0 Å². The van der Waals surface area contributed by atoms with Gasteiger partial charge in [0.2, 0.25) is 0 Å². The first-order valence-electron chi connectivity index (χ1n) is 4.37. The van der Waals surface area contributed by atoms with Crippen LogP contribution in [-0.2, 0) is 0 Å². The molecular formula is C12H8O4. The summed E-state index contributed by atoms with van der Waals surface area (Å²) in [5.74, 6) is 0. The van der Waals surface area contributed by atoms with Crippen molar-refractivity contribution in [2.45, 2.75) is 0 Å². The normalized spacial score (nSPS) is 9.25. The summed E-state index contributed by atoms with van der Waals surface area (Å²) in [7, 11) is 0. The third-order valence-electron chi connectivity index (χ3n) is 2.21. The lowest BCUT2D eigenvalue weighted by molar-refractivity contribution is 0.107. The summed E-state index contributed by atoms with van der Waals surface area (Å²) in [6, 6.07) is 1.35. The molecule has 0 spiro atoms. The van der Waals surface area contributed by atoms with Gasteiger partial charge in [-0.1, -0.05) is 12.7 Å². The summed E-state index contributed by atoms with van der Waals surface area (Å²) in [6.07, 6.45) is 3.03. The van der Waals surface area contributed by atoms with Gasteiger partial charge >= 0.3 is 0 Å². The predicted octanol–water partition coefficient (Wildman–Crippen LogP) is 1.58. The summed E-state index contributed by atoms with van der Waals surface area (Å²) in [5, 5.41) is 0. The van der Waals surface area contributed by atoms with Crippen LogP contribution < -0.4 is 0 Å². The molecule has 0 amide bonds. The van der Waals surface area contributed by atoms with Crippen LogP contribution in [0.1, 0.15) is 47.0 Å². The summed E-state index contributed by atoms with van der Waals surface area (Å²) < 4.78 is 0. The van der Waals surface area contributed by atoms with Crippen LogP contribution in [0.15, 0.2) is 12.6 Å². The summed E-state index contributed by atoms with van der Waals surface area (Å²) >= 11 is 0. The Bertz CT molecular complexity index is 448. The highest BCUT2D eigenvalue weighted by molar-refractivity contribution is 6.05. The number of hydrogen-bond donors (Lipinski definition) is 0. The van der Waals surface area contributed by atoms with Crippen LogP contribution in [0.4, 0.5) is 0 Å². The molecule has 0 heterocycles. The van der Waals surface area contributed by atoms with Gasteiger partial charge < -0.3 is 0 Å². The molecular weight excluding hydrogens is 208 g/mol. The minimum Gasteiger partial charge on any atom is -0.298 e. The van der Waals surface area contributed by atoms with Gasteiger partial charge in [0.25, 0.3) is 0 Å². The van der Waals surface area contributed by atoms with E-state index in [0.29, 0.717) is 30.7 Å². The van der Waals surface area contributed by atoms with Crippen LogP contribution in [0.5, 0.6) is 0 Å². The first-order valence-corrected chi connectivity index (χ1v) is 4.37. The molecule has 16 heavy (non-hydrogen) atoms. The molecule has 0 aromatic heterocycles. The van der Waals surface area contributed by atoms with Crippen molar-refractivity contribution in [3.8, 4) is 0 Å². The minimum atomic E-state index is -0.0792. The highest BCUT2D eigenvalue weighted by Gasteiger charge is 2.15. The molecule has 0 atom stereocenters. The lowest BCUT2D eigenvalue weighted by Crippen LogP contribution is -2.05. The van der Waals surface area contributed by atoms with E-state index in [1.165, 1.54) is 12.1 Å². The Hall–Kier alpha value is -2.36. The maximum atomic E-state index is 10.8. The third kappa shape index (κ3) is 1.72. The maximum Gasteiger partial charge on any atom is 0.151 e. The molecule has 4 heteroatoms. The van der Waals surface area contributed by atoms with Crippen LogP contribution >= 0.6 is 0 Å². The van der Waals surface area contributed by atoms with E-state index >= 15 is 0 Å². The first-order chi connectivity index (χ1) is 7.73. The Morgan fingerprint density at radius 1 is 0.750 bits per heavy atom. The largest absolute Gasteiger partial charge is 0.298 e. The highest BCUT2D eigenvalue weighted by atomic mass is 16.1. The standard InChI is InChI=1S/C12H8O4/c1-2-8-3-9(4-13)11(6-15)12(7-16)10(8)5-14/h2-7H,1H2. The third-order valence-corrected chi connectivity index (χ3v) is 2.21. The van der Waals surface area contributed by atoms with Gasteiger partial charge in [0, 0.05) is 22.3 Å². The zero-order valence-electron chi connectivity index (χ0n) is 8.30. The van der Waals surface area contributed by atoms with Gasteiger partial charge in [-0.05, 0) is 11.6 Å². The van der Waals surface area contributed by atoms with Gasteiger partial charge in [-0.2, -0.15) is 0 Å². The molecule has 0 saturated heterocycles. The highest BCUT2D eigenvalue weighted by Crippen LogP contribution is 2.20. The molecule has 0 N–H and O–H groups in total. The molecule has 1 rings (SSSR count). The predicted molar refractivity (Wildman–Crippen MR) is 58.1 cm³/mol. The lowest BCUT2D eigenvalue weighted by atomic mass is 9.93. The van der Waals surface area contributed by atoms with Crippen LogP contribution in [0, 0.1) is 0 Å². The summed E-state index contributed by atoms with van der Waals surface area (Å²) in [5.41, 5.74) is 0.335. The van der Waals surface area contributed by atoms with Crippen molar-refractivity contribution in [1.82, 2.24) is 0 Å².